The van der Waals surface area contributed by atoms with E-state index in [0.717, 1.165) is 71.4 Å². The fraction of sp³-hybridized carbons (Fsp3) is 0.882. The smallest absolute Gasteiger partial charge is 0.236 e. The molecule has 2 N–H and O–H groups in total. The van der Waals surface area contributed by atoms with Gasteiger partial charge in [-0.1, -0.05) is 6.42 Å². The number of likely N-dealkylation sites (tertiary alicyclic amines) is 1. The molecule has 0 aromatic rings. The number of carbonyl (C=O) groups is 2. The molecule has 2 heterocycles. The molecule has 0 aromatic carbocycles. The molecule has 0 bridgehead atoms. The van der Waals surface area contributed by atoms with E-state index in [2.05, 4.69) is 4.90 Å². The minimum absolute atomic E-state index is 0. The van der Waals surface area contributed by atoms with Gasteiger partial charge in [0.05, 0.1) is 6.54 Å². The Bertz CT molecular complexity index is 438. The summed E-state index contributed by atoms with van der Waals surface area (Å²) >= 11 is 0. The first-order valence-electron chi connectivity index (χ1n) is 9.17. The van der Waals surface area contributed by atoms with E-state index in [0.29, 0.717) is 18.9 Å². The van der Waals surface area contributed by atoms with Gasteiger partial charge in [-0.3, -0.25) is 14.5 Å². The van der Waals surface area contributed by atoms with Gasteiger partial charge < -0.3 is 15.5 Å². The first kappa shape index (κ1) is 22.5. The van der Waals surface area contributed by atoms with Gasteiger partial charge in [-0.2, -0.15) is 0 Å². The Morgan fingerprint density at radius 1 is 0.800 bits per heavy atom. The van der Waals surface area contributed by atoms with Crippen LogP contribution in [-0.4, -0.2) is 78.4 Å². The first-order valence-corrected chi connectivity index (χ1v) is 9.17. The number of hydrogen-bond acceptors (Lipinski definition) is 4. The van der Waals surface area contributed by atoms with Gasteiger partial charge in [0.25, 0.3) is 0 Å². The van der Waals surface area contributed by atoms with Crippen molar-refractivity contribution in [2.75, 3.05) is 45.8 Å². The lowest BCUT2D eigenvalue weighted by Gasteiger charge is -2.35. The van der Waals surface area contributed by atoms with Crippen molar-refractivity contribution in [2.24, 2.45) is 11.7 Å². The molecule has 25 heavy (non-hydrogen) atoms. The lowest BCUT2D eigenvalue weighted by atomic mass is 9.99. The van der Waals surface area contributed by atoms with Crippen LogP contribution < -0.4 is 5.73 Å². The Labute approximate surface area is 163 Å². The van der Waals surface area contributed by atoms with Crippen LogP contribution in [0.4, 0.5) is 0 Å². The molecule has 2 saturated heterocycles. The molecule has 0 aromatic heterocycles. The van der Waals surface area contributed by atoms with Gasteiger partial charge in [0.15, 0.2) is 0 Å². The molecular formula is C17H32Cl2N4O2. The summed E-state index contributed by atoms with van der Waals surface area (Å²) in [6.45, 7) is 5.44. The zero-order valence-corrected chi connectivity index (χ0v) is 16.5. The number of amides is 2. The summed E-state index contributed by atoms with van der Waals surface area (Å²) in [4.78, 5) is 30.7. The minimum atomic E-state index is 0. The van der Waals surface area contributed by atoms with Gasteiger partial charge in [-0.25, -0.2) is 0 Å². The van der Waals surface area contributed by atoms with E-state index in [9.17, 15) is 9.59 Å². The second-order valence-electron chi connectivity index (χ2n) is 7.30. The second-order valence-corrected chi connectivity index (χ2v) is 7.30. The lowest BCUT2D eigenvalue weighted by molar-refractivity contribution is -0.135. The molecule has 146 valence electrons. The highest BCUT2D eigenvalue weighted by Crippen LogP contribution is 2.27. The van der Waals surface area contributed by atoms with Gasteiger partial charge in [-0.15, -0.1) is 24.8 Å². The van der Waals surface area contributed by atoms with E-state index < -0.39 is 0 Å². The van der Waals surface area contributed by atoms with E-state index in [4.69, 9.17) is 5.73 Å². The zero-order valence-electron chi connectivity index (χ0n) is 14.9. The molecule has 3 fully saturated rings. The Kier molecular flexibility index (Phi) is 9.49. The largest absolute Gasteiger partial charge is 0.342 e. The number of halogens is 2. The monoisotopic (exact) mass is 394 g/mol. The van der Waals surface area contributed by atoms with Crippen LogP contribution in [0.3, 0.4) is 0 Å². The van der Waals surface area contributed by atoms with Gasteiger partial charge in [0, 0.05) is 51.7 Å². The topological polar surface area (TPSA) is 69.9 Å². The summed E-state index contributed by atoms with van der Waals surface area (Å²) in [5.74, 6) is 0.870. The molecule has 2 aliphatic heterocycles. The Morgan fingerprint density at radius 2 is 1.40 bits per heavy atom. The molecular weight excluding hydrogens is 363 g/mol. The average Bonchev–Trinajstić information content (AvgIpc) is 3.20. The van der Waals surface area contributed by atoms with Crippen LogP contribution in [0, 0.1) is 5.92 Å². The predicted molar refractivity (Wildman–Crippen MR) is 103 cm³/mol. The number of nitrogens with two attached hydrogens (primary N) is 1. The SMILES string of the molecule is Cl.Cl.N[C@@H]1CCC[C@H]1CC(=O)N1CCN(CC(=O)N2CCCC2)CC1. The number of piperazine rings is 1. The molecule has 3 aliphatic rings. The number of carbonyl (C=O) groups excluding carboxylic acids is 2. The summed E-state index contributed by atoms with van der Waals surface area (Å²) in [6.07, 6.45) is 6.19. The standard InChI is InChI=1S/C17H30N4O2.2ClH/c18-15-5-3-4-14(15)12-16(22)21-10-8-19(9-11-21)13-17(23)20-6-1-2-7-20;;/h14-15H,1-13,18H2;2*1H/t14-,15+;;/m0../s1. The van der Waals surface area contributed by atoms with Gasteiger partial charge in [0.2, 0.25) is 11.8 Å². The number of hydrogen-bond donors (Lipinski definition) is 1. The second kappa shape index (κ2) is 10.6. The van der Waals surface area contributed by atoms with E-state index >= 15 is 0 Å². The highest BCUT2D eigenvalue weighted by atomic mass is 35.5. The van der Waals surface area contributed by atoms with E-state index in [-0.39, 0.29) is 42.7 Å². The van der Waals surface area contributed by atoms with Crippen LogP contribution >= 0.6 is 24.8 Å². The van der Waals surface area contributed by atoms with Gasteiger partial charge in [0.1, 0.15) is 0 Å². The highest BCUT2D eigenvalue weighted by molar-refractivity contribution is 5.85. The van der Waals surface area contributed by atoms with E-state index in [1.165, 1.54) is 0 Å². The van der Waals surface area contributed by atoms with Crippen LogP contribution in [0.25, 0.3) is 0 Å². The van der Waals surface area contributed by atoms with Crippen molar-refractivity contribution in [2.45, 2.75) is 44.6 Å². The Morgan fingerprint density at radius 3 is 1.96 bits per heavy atom. The molecule has 0 radical (unpaired) electrons. The fourth-order valence-corrected chi connectivity index (χ4v) is 4.09. The van der Waals surface area contributed by atoms with Crippen LogP contribution in [0.1, 0.15) is 38.5 Å². The minimum Gasteiger partial charge on any atom is -0.342 e. The Balaban J connectivity index is 0.00000156. The predicted octanol–water partition coefficient (Wildman–Crippen LogP) is 1.11. The molecule has 3 rings (SSSR count). The van der Waals surface area contributed by atoms with Crippen molar-refractivity contribution in [3.8, 4) is 0 Å². The van der Waals surface area contributed by atoms with Gasteiger partial charge >= 0.3 is 0 Å². The van der Waals surface area contributed by atoms with Crippen molar-refractivity contribution >= 4 is 36.6 Å². The van der Waals surface area contributed by atoms with Crippen molar-refractivity contribution in [3.63, 3.8) is 0 Å². The van der Waals surface area contributed by atoms with Crippen molar-refractivity contribution in [3.05, 3.63) is 0 Å². The van der Waals surface area contributed by atoms with Crippen LogP contribution in [-0.2, 0) is 9.59 Å². The summed E-state index contributed by atoms with van der Waals surface area (Å²) < 4.78 is 0. The van der Waals surface area contributed by atoms with Crippen LogP contribution in [0.15, 0.2) is 0 Å². The Hall–Kier alpha value is -0.560. The molecule has 0 unspecified atom stereocenters. The summed E-state index contributed by atoms with van der Waals surface area (Å²) in [6, 6.07) is 0.207. The normalized spacial score (nSPS) is 26.9. The summed E-state index contributed by atoms with van der Waals surface area (Å²) in [7, 11) is 0. The maximum atomic E-state index is 12.4. The average molecular weight is 395 g/mol. The van der Waals surface area contributed by atoms with Crippen LogP contribution in [0.2, 0.25) is 0 Å². The van der Waals surface area contributed by atoms with E-state index in [1.807, 2.05) is 9.80 Å². The fourth-order valence-electron chi connectivity index (χ4n) is 4.09. The molecule has 1 saturated carbocycles. The molecule has 1 aliphatic carbocycles. The van der Waals surface area contributed by atoms with Crippen molar-refractivity contribution in [1.29, 1.82) is 0 Å². The summed E-state index contributed by atoms with van der Waals surface area (Å²) in [5.41, 5.74) is 6.07. The van der Waals surface area contributed by atoms with E-state index in [1.54, 1.807) is 0 Å². The maximum absolute atomic E-state index is 12.4. The molecule has 6 nitrogen and oxygen atoms in total. The number of rotatable bonds is 4. The summed E-state index contributed by atoms with van der Waals surface area (Å²) in [5, 5.41) is 0. The van der Waals surface area contributed by atoms with Crippen molar-refractivity contribution < 1.29 is 9.59 Å². The molecule has 8 heteroatoms. The van der Waals surface area contributed by atoms with Gasteiger partial charge in [-0.05, 0) is 31.6 Å². The third-order valence-corrected chi connectivity index (χ3v) is 5.70. The van der Waals surface area contributed by atoms with Crippen LogP contribution in [0.5, 0.6) is 0 Å². The third kappa shape index (κ3) is 5.98. The highest BCUT2D eigenvalue weighted by Gasteiger charge is 2.30. The molecule has 0 spiro atoms. The molecule has 2 atom stereocenters. The zero-order chi connectivity index (χ0) is 16.2. The van der Waals surface area contributed by atoms with Crippen molar-refractivity contribution in [1.82, 2.24) is 14.7 Å². The quantitative estimate of drug-likeness (QED) is 0.775. The first-order chi connectivity index (χ1) is 11.1. The molecule has 2 amide bonds. The maximum Gasteiger partial charge on any atom is 0.236 e. The lowest BCUT2D eigenvalue weighted by Crippen LogP contribution is -2.51. The number of nitrogens with zero attached hydrogens (tertiary/aromatic N) is 3. The third-order valence-electron chi connectivity index (χ3n) is 5.70.